The van der Waals surface area contributed by atoms with Crippen LogP contribution >= 0.6 is 39.8 Å². The molecule has 0 fully saturated rings. The van der Waals surface area contributed by atoms with Crippen molar-refractivity contribution < 1.29 is 0 Å². The maximum absolute atomic E-state index is 5.66. The zero-order valence-corrected chi connectivity index (χ0v) is 11.5. The molecule has 13 heavy (non-hydrogen) atoms. The Kier molecular flexibility index (Phi) is 5.27. The van der Waals surface area contributed by atoms with E-state index in [0.717, 1.165) is 5.08 Å². The van der Waals surface area contributed by atoms with Crippen LogP contribution in [0.2, 0.25) is 0 Å². The molecule has 0 saturated carbocycles. The number of hydrogen-bond donors (Lipinski definition) is 1. The first-order valence-electron chi connectivity index (χ1n) is 3.70. The predicted molar refractivity (Wildman–Crippen MR) is 75.3 cm³/mol. The fourth-order valence-corrected chi connectivity index (χ4v) is 9.88. The van der Waals surface area contributed by atoms with Crippen molar-refractivity contribution in [3.05, 3.63) is 30.3 Å². The van der Waals surface area contributed by atoms with E-state index in [1.54, 1.807) is 22.8 Å². The van der Waals surface area contributed by atoms with Gasteiger partial charge in [0.2, 0.25) is 0 Å². The molecule has 1 unspecified atom stereocenters. The Morgan fingerprint density at radius 1 is 1.38 bits per heavy atom. The van der Waals surface area contributed by atoms with Gasteiger partial charge in [0.25, 0.3) is 0 Å². The molecule has 0 spiro atoms. The van der Waals surface area contributed by atoms with Gasteiger partial charge in [0.05, 0.1) is 4.44 Å². The van der Waals surface area contributed by atoms with Crippen LogP contribution in [0.3, 0.4) is 0 Å². The van der Waals surface area contributed by atoms with Crippen LogP contribution < -0.4 is 5.30 Å². The Morgan fingerprint density at radius 2 is 2.00 bits per heavy atom. The predicted octanol–water partition coefficient (Wildman–Crippen LogP) is 3.60. The van der Waals surface area contributed by atoms with Crippen LogP contribution in [0.25, 0.3) is 0 Å². The highest BCUT2D eigenvalue weighted by Gasteiger charge is 2.17. The maximum Gasteiger partial charge on any atom is 0.0855 e. The normalized spacial score (nSPS) is 15.2. The molecule has 0 nitrogen and oxygen atoms in total. The molecular weight excluding hydrogens is 255 g/mol. The molecule has 1 atom stereocenters. The summed E-state index contributed by atoms with van der Waals surface area (Å²) in [4.78, 5) is 0. The lowest BCUT2D eigenvalue weighted by Crippen LogP contribution is -1.97. The topological polar surface area (TPSA) is 0 Å². The van der Waals surface area contributed by atoms with Gasteiger partial charge in [-0.15, -0.1) is 11.4 Å². The van der Waals surface area contributed by atoms with Gasteiger partial charge in [-0.05, 0) is 6.26 Å². The summed E-state index contributed by atoms with van der Waals surface area (Å²) in [6.07, 6.45) is 2.09. The van der Waals surface area contributed by atoms with Crippen molar-refractivity contribution in [1.82, 2.24) is 0 Å². The third-order valence-electron chi connectivity index (χ3n) is 1.54. The largest absolute Gasteiger partial charge is 0.168 e. The standard InChI is InChI=1S/C8H11PS4/c1-12-9(11,13-7-10)8-5-3-2-4-6-8/h2-6,10H,7H2,1H3. The van der Waals surface area contributed by atoms with Crippen molar-refractivity contribution in [3.8, 4) is 0 Å². The lowest BCUT2D eigenvalue weighted by atomic mass is 10.4. The molecule has 0 heterocycles. The van der Waals surface area contributed by atoms with Crippen molar-refractivity contribution in [2.24, 2.45) is 0 Å². The molecule has 1 aromatic carbocycles. The zero-order chi connectivity index (χ0) is 9.73. The molecule has 0 amide bonds. The van der Waals surface area contributed by atoms with E-state index in [2.05, 4.69) is 31.0 Å². The zero-order valence-electron chi connectivity index (χ0n) is 7.21. The monoisotopic (exact) mass is 266 g/mol. The highest BCUT2D eigenvalue weighted by molar-refractivity contribution is 9.02. The van der Waals surface area contributed by atoms with Crippen LogP contribution in [0.1, 0.15) is 0 Å². The van der Waals surface area contributed by atoms with Crippen LogP contribution in [0.4, 0.5) is 0 Å². The minimum absolute atomic E-state index is 0.799. The summed E-state index contributed by atoms with van der Waals surface area (Å²) in [7, 11) is 0. The molecule has 5 heteroatoms. The lowest BCUT2D eigenvalue weighted by Gasteiger charge is -2.17. The van der Waals surface area contributed by atoms with Crippen LogP contribution in [-0.4, -0.2) is 11.3 Å². The van der Waals surface area contributed by atoms with Crippen molar-refractivity contribution in [2.75, 3.05) is 11.3 Å². The Labute approximate surface area is 98.2 Å². The molecule has 0 aliphatic heterocycles. The highest BCUT2D eigenvalue weighted by atomic mass is 33.2. The van der Waals surface area contributed by atoms with E-state index in [1.165, 1.54) is 5.30 Å². The van der Waals surface area contributed by atoms with Gasteiger partial charge in [0.1, 0.15) is 0 Å². The van der Waals surface area contributed by atoms with Crippen LogP contribution in [0.5, 0.6) is 0 Å². The summed E-state index contributed by atoms with van der Waals surface area (Å²) < 4.78 is -1.46. The third-order valence-corrected chi connectivity index (χ3v) is 13.7. The van der Waals surface area contributed by atoms with Gasteiger partial charge in [0.15, 0.2) is 0 Å². The van der Waals surface area contributed by atoms with E-state index < -0.39 is 4.44 Å². The minimum Gasteiger partial charge on any atom is -0.168 e. The Bertz CT molecular complexity index is 298. The SMILES string of the molecule is CSP(=S)(SCS)c1ccccc1. The van der Waals surface area contributed by atoms with Gasteiger partial charge >= 0.3 is 0 Å². The van der Waals surface area contributed by atoms with Crippen molar-refractivity contribution >= 4 is 56.9 Å². The smallest absolute Gasteiger partial charge is 0.0855 e. The molecule has 0 aliphatic carbocycles. The van der Waals surface area contributed by atoms with E-state index in [4.69, 9.17) is 11.8 Å². The van der Waals surface area contributed by atoms with Gasteiger partial charge in [0, 0.05) is 10.4 Å². The summed E-state index contributed by atoms with van der Waals surface area (Å²) in [6, 6.07) is 10.4. The molecule has 72 valence electrons. The molecule has 1 rings (SSSR count). The molecule has 0 N–H and O–H groups in total. The number of rotatable bonds is 4. The Hall–Kier alpha value is 0.920. The van der Waals surface area contributed by atoms with E-state index in [9.17, 15) is 0 Å². The number of benzene rings is 1. The highest BCUT2D eigenvalue weighted by Crippen LogP contribution is 2.67. The summed E-state index contributed by atoms with van der Waals surface area (Å²) in [5.74, 6) is 0. The van der Waals surface area contributed by atoms with Gasteiger partial charge in [-0.2, -0.15) is 12.6 Å². The van der Waals surface area contributed by atoms with E-state index >= 15 is 0 Å². The van der Waals surface area contributed by atoms with Crippen molar-refractivity contribution in [1.29, 1.82) is 0 Å². The Morgan fingerprint density at radius 3 is 2.46 bits per heavy atom. The summed E-state index contributed by atoms with van der Waals surface area (Å²) >= 11 is 13.5. The van der Waals surface area contributed by atoms with Gasteiger partial charge in [-0.25, -0.2) is 0 Å². The quantitative estimate of drug-likeness (QED) is 0.503. The lowest BCUT2D eigenvalue weighted by molar-refractivity contribution is 1.78. The molecular formula is C8H11PS4. The van der Waals surface area contributed by atoms with Crippen LogP contribution in [0.15, 0.2) is 30.3 Å². The summed E-state index contributed by atoms with van der Waals surface area (Å²) in [5, 5.41) is 2.09. The first-order valence-corrected chi connectivity index (χ1v) is 10.6. The maximum atomic E-state index is 5.66. The first-order chi connectivity index (χ1) is 6.23. The molecule has 0 saturated heterocycles. The summed E-state index contributed by atoms with van der Waals surface area (Å²) in [6.45, 7) is 0. The third kappa shape index (κ3) is 3.21. The van der Waals surface area contributed by atoms with Crippen molar-refractivity contribution in [3.63, 3.8) is 0 Å². The summed E-state index contributed by atoms with van der Waals surface area (Å²) in [5.41, 5.74) is 0. The first kappa shape index (κ1) is 12.0. The van der Waals surface area contributed by atoms with E-state index in [-0.39, 0.29) is 0 Å². The van der Waals surface area contributed by atoms with Gasteiger partial charge in [-0.3, -0.25) is 0 Å². The molecule has 0 radical (unpaired) electrons. The second-order valence-corrected chi connectivity index (χ2v) is 14.3. The van der Waals surface area contributed by atoms with Crippen LogP contribution in [-0.2, 0) is 11.8 Å². The second kappa shape index (κ2) is 5.72. The van der Waals surface area contributed by atoms with E-state index in [0.29, 0.717) is 0 Å². The van der Waals surface area contributed by atoms with Gasteiger partial charge in [-0.1, -0.05) is 53.5 Å². The molecule has 1 aromatic rings. The average Bonchev–Trinajstić information content (AvgIpc) is 2.19. The second-order valence-electron chi connectivity index (χ2n) is 2.27. The average molecular weight is 266 g/mol. The van der Waals surface area contributed by atoms with Crippen molar-refractivity contribution in [2.45, 2.75) is 0 Å². The fourth-order valence-electron chi connectivity index (χ4n) is 0.919. The van der Waals surface area contributed by atoms with E-state index in [1.807, 2.05) is 18.2 Å². The van der Waals surface area contributed by atoms with Crippen LogP contribution in [0, 0.1) is 0 Å². The number of thiol groups is 1. The Balaban J connectivity index is 2.96. The van der Waals surface area contributed by atoms with Gasteiger partial charge < -0.3 is 0 Å². The molecule has 0 bridgehead atoms. The number of hydrogen-bond acceptors (Lipinski definition) is 4. The molecule has 0 aliphatic rings. The molecule has 0 aromatic heterocycles. The fraction of sp³-hybridized carbons (Fsp3) is 0.250. The minimum atomic E-state index is -1.46.